The Morgan fingerprint density at radius 2 is 0.646 bits per heavy atom. The maximum absolute atomic E-state index is 13.0. The van der Waals surface area contributed by atoms with Gasteiger partial charge in [0, 0.05) is 64.2 Å². The zero-order chi connectivity index (χ0) is 46.2. The average Bonchev–Trinajstić information content (AvgIpc) is 3.24. The SMILES string of the molecule is CC=C1C(=O)OC2(CCC3(CC2)OC(=O)C(/C=C/C=C/C=C2C(=O)OC4(CCC5(CC4)OC(=O)C(/C=C/C=C/C=C4C(=O)OC6(CCCCC6)OC4=O)=C([O-])O5)OC2=O)=C([O-])O3)OC1=O. The van der Waals surface area contributed by atoms with Gasteiger partial charge in [-0.25, -0.2) is 38.4 Å². The molecule has 20 nitrogen and oxygen atoms in total. The van der Waals surface area contributed by atoms with E-state index in [1.54, 1.807) is 0 Å². The zero-order valence-electron chi connectivity index (χ0n) is 34.7. The molecule has 0 aromatic heterocycles. The average molecular weight is 901 g/mol. The first-order valence-corrected chi connectivity index (χ1v) is 20.8. The second-order valence-electron chi connectivity index (χ2n) is 16.2. The molecule has 0 atom stereocenters. The Morgan fingerprint density at radius 3 is 0.969 bits per heavy atom. The molecular formula is C45H40O20-2. The molecule has 8 rings (SSSR count). The Bertz CT molecular complexity index is 2340. The molecule has 0 amide bonds. The summed E-state index contributed by atoms with van der Waals surface area (Å²) in [5.74, 6) is -17.2. The number of rotatable bonds is 6. The van der Waals surface area contributed by atoms with Gasteiger partial charge in [0.05, 0.1) is 23.0 Å². The summed E-state index contributed by atoms with van der Waals surface area (Å²) in [6, 6.07) is 0. The van der Waals surface area contributed by atoms with E-state index < -0.39 is 105 Å². The van der Waals surface area contributed by atoms with Gasteiger partial charge in [-0.15, -0.1) is 0 Å². The standard InChI is InChI=1S/C45H42O20/c1-2-26-31(46)56-42(57-32(26)47)18-20-43(21-19-42)60-35(50)28(36(51)61-43)14-8-4-9-15-30-39(54)64-45(65-40(30)55)24-22-44(23-25-45)62-37(52)29(38(53)63-44)13-7-3-6-12-27-33(48)58-41(59-34(27)49)16-10-5-11-17-41/h2-4,6-9,12-15,50,52H,5,10-11,16-25H2,1H3/p-2/b6-3+,9-4+,13-7+,14-8+,26-2?,30-15?. The van der Waals surface area contributed by atoms with Crippen molar-refractivity contribution in [1.29, 1.82) is 0 Å². The van der Waals surface area contributed by atoms with Crippen LogP contribution in [0.15, 0.2) is 107 Å². The summed E-state index contributed by atoms with van der Waals surface area (Å²) in [6.07, 6.45) is 15.8. The number of ether oxygens (including phenoxy) is 10. The lowest BCUT2D eigenvalue weighted by atomic mass is 9.87. The van der Waals surface area contributed by atoms with Gasteiger partial charge in [-0.05, 0) is 44.1 Å². The third-order valence-electron chi connectivity index (χ3n) is 11.9. The predicted molar refractivity (Wildman–Crippen MR) is 205 cm³/mol. The summed E-state index contributed by atoms with van der Waals surface area (Å²) in [6.45, 7) is 1.49. The second kappa shape index (κ2) is 17.0. The Morgan fingerprint density at radius 1 is 0.354 bits per heavy atom. The fourth-order valence-electron chi connectivity index (χ4n) is 8.41. The van der Waals surface area contributed by atoms with E-state index in [1.807, 2.05) is 0 Å². The van der Waals surface area contributed by atoms with Gasteiger partial charge in [-0.3, -0.25) is 0 Å². The summed E-state index contributed by atoms with van der Waals surface area (Å²) < 4.78 is 54.6. The Hall–Kier alpha value is -7.38. The minimum absolute atomic E-state index is 0.0902. The van der Waals surface area contributed by atoms with Crippen molar-refractivity contribution in [1.82, 2.24) is 0 Å². The van der Waals surface area contributed by atoms with Crippen molar-refractivity contribution in [2.24, 2.45) is 0 Å². The maximum Gasteiger partial charge on any atom is 0.348 e. The largest absolute Gasteiger partial charge is 0.574 e. The molecule has 65 heavy (non-hydrogen) atoms. The first-order valence-electron chi connectivity index (χ1n) is 20.8. The van der Waals surface area contributed by atoms with E-state index in [2.05, 4.69) is 0 Å². The van der Waals surface area contributed by atoms with Gasteiger partial charge in [0.1, 0.15) is 16.7 Å². The van der Waals surface area contributed by atoms with Crippen LogP contribution < -0.4 is 10.2 Å². The first-order chi connectivity index (χ1) is 31.0. The summed E-state index contributed by atoms with van der Waals surface area (Å²) in [4.78, 5) is 101. The van der Waals surface area contributed by atoms with Gasteiger partial charge in [0.2, 0.25) is 0 Å². The summed E-state index contributed by atoms with van der Waals surface area (Å²) in [7, 11) is 0. The van der Waals surface area contributed by atoms with Gasteiger partial charge in [0.15, 0.2) is 11.6 Å². The molecule has 5 aliphatic heterocycles. The van der Waals surface area contributed by atoms with Crippen LogP contribution in [0.4, 0.5) is 0 Å². The van der Waals surface area contributed by atoms with E-state index in [9.17, 15) is 48.6 Å². The highest BCUT2D eigenvalue weighted by Crippen LogP contribution is 2.47. The van der Waals surface area contributed by atoms with E-state index in [4.69, 9.17) is 47.4 Å². The molecule has 0 bridgehead atoms. The minimum atomic E-state index is -1.73. The fraction of sp³-hybridized carbons (Fsp3) is 0.422. The normalized spacial score (nSPS) is 28.6. The van der Waals surface area contributed by atoms with Gasteiger partial charge >= 0.3 is 47.8 Å². The lowest BCUT2D eigenvalue weighted by Crippen LogP contribution is -2.55. The molecule has 6 fully saturated rings. The van der Waals surface area contributed by atoms with Crippen LogP contribution in [0.5, 0.6) is 0 Å². The van der Waals surface area contributed by atoms with Crippen molar-refractivity contribution in [2.75, 3.05) is 0 Å². The number of carbonyl (C=O) groups is 8. The van der Waals surface area contributed by atoms with Crippen LogP contribution >= 0.6 is 0 Å². The van der Waals surface area contributed by atoms with Crippen molar-refractivity contribution in [3.63, 3.8) is 0 Å². The van der Waals surface area contributed by atoms with Crippen molar-refractivity contribution in [2.45, 2.75) is 119 Å². The Kier molecular flexibility index (Phi) is 11.5. The van der Waals surface area contributed by atoms with E-state index >= 15 is 0 Å². The third-order valence-corrected chi connectivity index (χ3v) is 11.9. The highest BCUT2D eigenvalue weighted by atomic mass is 16.8. The van der Waals surface area contributed by atoms with E-state index in [0.717, 1.165) is 37.5 Å². The Labute approximate surface area is 369 Å². The second-order valence-corrected chi connectivity index (χ2v) is 16.2. The molecule has 5 spiro atoms. The topological polar surface area (TPSA) is 275 Å². The van der Waals surface area contributed by atoms with Gasteiger partial charge in [-0.2, -0.15) is 0 Å². The zero-order valence-corrected chi connectivity index (χ0v) is 34.7. The van der Waals surface area contributed by atoms with Crippen molar-refractivity contribution < 1.29 is 95.9 Å². The molecule has 8 aliphatic rings. The molecule has 0 N–H and O–H groups in total. The molecule has 0 unspecified atom stereocenters. The van der Waals surface area contributed by atoms with Crippen LogP contribution in [0.3, 0.4) is 0 Å². The maximum atomic E-state index is 13.0. The summed E-state index contributed by atoms with van der Waals surface area (Å²) in [5, 5.41) is 25.8. The molecule has 342 valence electrons. The van der Waals surface area contributed by atoms with E-state index in [0.29, 0.717) is 12.8 Å². The molecular weight excluding hydrogens is 860 g/mol. The Balaban J connectivity index is 0.812. The lowest BCUT2D eigenvalue weighted by Gasteiger charge is -2.50. The quantitative estimate of drug-likeness (QED) is 0.121. The number of allylic oxidation sites excluding steroid dienone is 9. The predicted octanol–water partition coefficient (Wildman–Crippen LogP) is 2.19. The van der Waals surface area contributed by atoms with Crippen LogP contribution in [0.2, 0.25) is 0 Å². The first kappa shape index (κ1) is 44.2. The van der Waals surface area contributed by atoms with Crippen LogP contribution in [0.1, 0.15) is 90.4 Å². The summed E-state index contributed by atoms with van der Waals surface area (Å²) >= 11 is 0. The minimum Gasteiger partial charge on any atom is -0.574 e. The van der Waals surface area contributed by atoms with Crippen LogP contribution in [-0.4, -0.2) is 76.7 Å². The van der Waals surface area contributed by atoms with E-state index in [-0.39, 0.29) is 62.5 Å². The molecule has 0 radical (unpaired) electrons. The lowest BCUT2D eigenvalue weighted by molar-refractivity contribution is -0.407. The number of esters is 8. The number of hydrogen-bond donors (Lipinski definition) is 0. The molecule has 3 saturated carbocycles. The van der Waals surface area contributed by atoms with Gasteiger partial charge in [0.25, 0.3) is 17.4 Å². The smallest absolute Gasteiger partial charge is 0.348 e. The molecule has 5 heterocycles. The number of carbonyl (C=O) groups excluding carboxylic acids is 8. The van der Waals surface area contributed by atoms with Gasteiger partial charge in [-0.1, -0.05) is 49.0 Å². The molecule has 0 aromatic carbocycles. The van der Waals surface area contributed by atoms with E-state index in [1.165, 1.54) is 55.5 Å². The fourth-order valence-corrected chi connectivity index (χ4v) is 8.41. The summed E-state index contributed by atoms with van der Waals surface area (Å²) in [5.41, 5.74) is -1.92. The number of hydrogen-bond acceptors (Lipinski definition) is 20. The molecule has 0 aromatic rings. The molecule has 20 heteroatoms. The van der Waals surface area contributed by atoms with Crippen LogP contribution in [0.25, 0.3) is 0 Å². The van der Waals surface area contributed by atoms with Gasteiger partial charge < -0.3 is 57.6 Å². The molecule has 3 aliphatic carbocycles. The van der Waals surface area contributed by atoms with Crippen LogP contribution in [-0.2, 0) is 85.7 Å². The monoisotopic (exact) mass is 900 g/mol. The highest BCUT2D eigenvalue weighted by molar-refractivity contribution is 6.16. The van der Waals surface area contributed by atoms with Crippen molar-refractivity contribution >= 4 is 47.8 Å². The van der Waals surface area contributed by atoms with Crippen LogP contribution in [0, 0.1) is 0 Å². The van der Waals surface area contributed by atoms with Crippen molar-refractivity contribution in [3.8, 4) is 0 Å². The van der Waals surface area contributed by atoms with Crippen molar-refractivity contribution in [3.05, 3.63) is 107 Å². The molecule has 3 saturated heterocycles. The third kappa shape index (κ3) is 8.79. The highest BCUT2D eigenvalue weighted by Gasteiger charge is 2.55.